The van der Waals surface area contributed by atoms with Gasteiger partial charge in [0.2, 0.25) is 0 Å². The fourth-order valence-corrected chi connectivity index (χ4v) is 5.55. The summed E-state index contributed by atoms with van der Waals surface area (Å²) in [5.41, 5.74) is 2.99. The fourth-order valence-electron chi connectivity index (χ4n) is 3.81. The largest absolute Gasteiger partial charge is 0.490 e. The lowest BCUT2D eigenvalue weighted by Gasteiger charge is -2.24. The maximum atomic E-state index is 13.4. The molecule has 1 aliphatic rings. The minimum Gasteiger partial charge on any atom is -0.490 e. The number of carbonyl (C=O) groups excluding carboxylic acids is 1. The van der Waals surface area contributed by atoms with Crippen molar-refractivity contribution in [2.75, 3.05) is 17.5 Å². The molecule has 1 heterocycles. The van der Waals surface area contributed by atoms with Crippen molar-refractivity contribution < 1.29 is 22.7 Å². The minimum atomic E-state index is -3.82. The Morgan fingerprint density at radius 1 is 1.00 bits per heavy atom. The number of fused-ring (bicyclic) bond motifs is 1. The van der Waals surface area contributed by atoms with Crippen LogP contribution >= 0.6 is 0 Å². The van der Waals surface area contributed by atoms with Crippen LogP contribution < -0.4 is 9.04 Å². The summed E-state index contributed by atoms with van der Waals surface area (Å²) in [7, 11) is -3.82. The van der Waals surface area contributed by atoms with E-state index >= 15 is 0 Å². The van der Waals surface area contributed by atoms with Gasteiger partial charge in [0.1, 0.15) is 19.0 Å². The first kappa shape index (κ1) is 21.9. The summed E-state index contributed by atoms with van der Waals surface area (Å²) in [6.45, 7) is 4.13. The molecule has 0 aromatic heterocycles. The standard InChI is InChI=1S/C25H25NO5S/c1-18-10-12-22(13-11-18)30-14-15-31-25(27)21-7-5-8-23(17-21)32(28,29)26-19(2)16-20-6-3-4-9-24(20)26/h3-13,17,19H,14-16H2,1-2H3. The molecule has 0 saturated carbocycles. The number of anilines is 1. The van der Waals surface area contributed by atoms with Crippen molar-refractivity contribution >= 4 is 21.7 Å². The quantitative estimate of drug-likeness (QED) is 0.394. The van der Waals surface area contributed by atoms with Gasteiger partial charge in [-0.25, -0.2) is 13.2 Å². The van der Waals surface area contributed by atoms with E-state index in [9.17, 15) is 13.2 Å². The molecule has 0 radical (unpaired) electrons. The Hall–Kier alpha value is -3.32. The molecule has 1 aliphatic heterocycles. The number of aryl methyl sites for hydroxylation is 1. The van der Waals surface area contributed by atoms with E-state index in [1.807, 2.05) is 62.4 Å². The molecule has 0 saturated heterocycles. The predicted molar refractivity (Wildman–Crippen MR) is 123 cm³/mol. The average Bonchev–Trinajstić information content (AvgIpc) is 3.14. The van der Waals surface area contributed by atoms with Crippen molar-refractivity contribution in [1.29, 1.82) is 0 Å². The average molecular weight is 452 g/mol. The second-order valence-electron chi connectivity index (χ2n) is 7.81. The zero-order valence-corrected chi connectivity index (χ0v) is 18.8. The number of esters is 1. The van der Waals surface area contributed by atoms with Crippen LogP contribution in [0.5, 0.6) is 5.75 Å². The van der Waals surface area contributed by atoms with Crippen molar-refractivity contribution in [3.8, 4) is 5.75 Å². The first-order valence-electron chi connectivity index (χ1n) is 10.5. The zero-order valence-electron chi connectivity index (χ0n) is 18.0. The smallest absolute Gasteiger partial charge is 0.338 e. The Bertz CT molecular complexity index is 1220. The van der Waals surface area contributed by atoms with Crippen molar-refractivity contribution in [1.82, 2.24) is 0 Å². The molecule has 6 nitrogen and oxygen atoms in total. The number of hydrogen-bond acceptors (Lipinski definition) is 5. The van der Waals surface area contributed by atoms with Crippen LogP contribution in [0.25, 0.3) is 0 Å². The Morgan fingerprint density at radius 2 is 1.75 bits per heavy atom. The summed E-state index contributed by atoms with van der Waals surface area (Å²) < 4.78 is 39.0. The van der Waals surface area contributed by atoms with E-state index in [2.05, 4.69) is 0 Å². The van der Waals surface area contributed by atoms with Crippen molar-refractivity contribution in [2.24, 2.45) is 0 Å². The maximum absolute atomic E-state index is 13.4. The third-order valence-corrected chi connectivity index (χ3v) is 7.30. The van der Waals surface area contributed by atoms with E-state index < -0.39 is 16.0 Å². The molecule has 0 fully saturated rings. The molecule has 0 spiro atoms. The van der Waals surface area contributed by atoms with E-state index in [0.29, 0.717) is 17.9 Å². The lowest BCUT2D eigenvalue weighted by atomic mass is 10.1. The number of rotatable bonds is 7. The second-order valence-corrected chi connectivity index (χ2v) is 9.62. The van der Waals surface area contributed by atoms with Crippen LogP contribution in [0.4, 0.5) is 5.69 Å². The number of para-hydroxylation sites is 1. The summed E-state index contributed by atoms with van der Waals surface area (Å²) in [4.78, 5) is 12.5. The molecule has 3 aromatic carbocycles. The highest BCUT2D eigenvalue weighted by molar-refractivity contribution is 7.92. The molecule has 4 rings (SSSR count). The van der Waals surface area contributed by atoms with E-state index in [-0.39, 0.29) is 29.7 Å². The summed E-state index contributed by atoms with van der Waals surface area (Å²) in [5, 5.41) is 0. The minimum absolute atomic E-state index is 0.0558. The highest BCUT2D eigenvalue weighted by Crippen LogP contribution is 2.36. The maximum Gasteiger partial charge on any atom is 0.338 e. The van der Waals surface area contributed by atoms with Crippen molar-refractivity contribution in [2.45, 2.75) is 31.2 Å². The Kier molecular flexibility index (Phi) is 6.19. The normalized spacial score (nSPS) is 15.3. The topological polar surface area (TPSA) is 72.9 Å². The molecular formula is C25H25NO5S. The van der Waals surface area contributed by atoms with Gasteiger partial charge in [0, 0.05) is 6.04 Å². The third-order valence-electron chi connectivity index (χ3n) is 5.38. The summed E-state index contributed by atoms with van der Waals surface area (Å²) >= 11 is 0. The van der Waals surface area contributed by atoms with Crippen LogP contribution in [0.2, 0.25) is 0 Å². The van der Waals surface area contributed by atoms with Gasteiger partial charge < -0.3 is 9.47 Å². The molecule has 32 heavy (non-hydrogen) atoms. The number of carbonyl (C=O) groups is 1. The Balaban J connectivity index is 1.43. The van der Waals surface area contributed by atoms with Gasteiger partial charge in [-0.05, 0) is 62.2 Å². The Labute approximate surface area is 188 Å². The lowest BCUT2D eigenvalue weighted by molar-refractivity contribution is 0.0450. The van der Waals surface area contributed by atoms with Gasteiger partial charge in [-0.2, -0.15) is 0 Å². The molecule has 1 unspecified atom stereocenters. The van der Waals surface area contributed by atoms with Gasteiger partial charge in [-0.1, -0.05) is 42.0 Å². The number of hydrogen-bond donors (Lipinski definition) is 0. The second kappa shape index (κ2) is 9.04. The van der Waals surface area contributed by atoms with Gasteiger partial charge in [0.15, 0.2) is 0 Å². The first-order valence-corrected chi connectivity index (χ1v) is 11.9. The van der Waals surface area contributed by atoms with Crippen molar-refractivity contribution in [3.05, 3.63) is 89.5 Å². The van der Waals surface area contributed by atoms with Gasteiger partial charge in [0.25, 0.3) is 10.0 Å². The molecular weight excluding hydrogens is 426 g/mol. The molecule has 7 heteroatoms. The molecule has 166 valence electrons. The van der Waals surface area contributed by atoms with E-state index in [4.69, 9.17) is 9.47 Å². The third kappa shape index (κ3) is 4.48. The SMILES string of the molecule is Cc1ccc(OCCOC(=O)c2cccc(S(=O)(=O)N3c4ccccc4CC3C)c2)cc1. The molecule has 0 N–H and O–H groups in total. The predicted octanol–water partition coefficient (Wildman–Crippen LogP) is 4.37. The van der Waals surface area contributed by atoms with Crippen LogP contribution in [0.1, 0.15) is 28.4 Å². The van der Waals surface area contributed by atoms with Crippen molar-refractivity contribution in [3.63, 3.8) is 0 Å². The van der Waals surface area contributed by atoms with Gasteiger partial charge >= 0.3 is 5.97 Å². The van der Waals surface area contributed by atoms with Crippen LogP contribution in [0, 0.1) is 6.92 Å². The molecule has 0 bridgehead atoms. The number of ether oxygens (including phenoxy) is 2. The Morgan fingerprint density at radius 3 is 2.53 bits per heavy atom. The zero-order chi connectivity index (χ0) is 22.7. The van der Waals surface area contributed by atoms with E-state index in [1.54, 1.807) is 12.1 Å². The van der Waals surface area contributed by atoms with E-state index in [1.165, 1.54) is 16.4 Å². The highest BCUT2D eigenvalue weighted by Gasteiger charge is 2.36. The molecule has 0 aliphatic carbocycles. The number of sulfonamides is 1. The summed E-state index contributed by atoms with van der Waals surface area (Å²) in [5.74, 6) is 0.101. The first-order chi connectivity index (χ1) is 15.4. The van der Waals surface area contributed by atoms with Gasteiger partial charge in [-0.3, -0.25) is 4.31 Å². The fraction of sp³-hybridized carbons (Fsp3) is 0.240. The van der Waals surface area contributed by atoms with Crippen LogP contribution in [-0.4, -0.2) is 33.6 Å². The summed E-state index contributed by atoms with van der Waals surface area (Å²) in [6, 6.07) is 20.8. The van der Waals surface area contributed by atoms with Crippen LogP contribution in [0.3, 0.4) is 0 Å². The van der Waals surface area contributed by atoms with Gasteiger partial charge in [-0.15, -0.1) is 0 Å². The summed E-state index contributed by atoms with van der Waals surface area (Å²) in [6.07, 6.45) is 0.651. The van der Waals surface area contributed by atoms with Crippen LogP contribution in [-0.2, 0) is 21.2 Å². The number of benzene rings is 3. The molecule has 0 amide bonds. The highest BCUT2D eigenvalue weighted by atomic mass is 32.2. The van der Waals surface area contributed by atoms with Crippen LogP contribution in [0.15, 0.2) is 77.7 Å². The molecule has 1 atom stereocenters. The monoisotopic (exact) mass is 451 g/mol. The van der Waals surface area contributed by atoms with Gasteiger partial charge in [0.05, 0.1) is 16.1 Å². The van der Waals surface area contributed by atoms with E-state index in [0.717, 1.165) is 11.1 Å². The number of nitrogens with zero attached hydrogens (tertiary/aromatic N) is 1. The molecule has 3 aromatic rings. The lowest BCUT2D eigenvalue weighted by Crippen LogP contribution is -2.35.